The molecule has 1 aliphatic carbocycles. The predicted octanol–water partition coefficient (Wildman–Crippen LogP) is 2.34. The summed E-state index contributed by atoms with van der Waals surface area (Å²) in [5.74, 6) is 1.14. The molecule has 7 heteroatoms. The lowest BCUT2D eigenvalue weighted by molar-refractivity contribution is 0.0924. The van der Waals surface area contributed by atoms with E-state index in [9.17, 15) is 4.79 Å². The number of nitrogens with one attached hydrogen (secondary N) is 2. The van der Waals surface area contributed by atoms with E-state index in [0.29, 0.717) is 28.5 Å². The molecule has 2 N–H and O–H groups in total. The standard InChI is InChI=1S/C15H18N4O2S/c1-19-13(17-18-15(19)22)9-16-14(20)11-7-2-3-8-12(11)21-10-5-4-6-10/h2-3,7-8,10H,4-6,9H2,1H3,(H,16,20)(H,18,22). The van der Waals surface area contributed by atoms with E-state index in [1.165, 1.54) is 6.42 Å². The van der Waals surface area contributed by atoms with Crippen LogP contribution < -0.4 is 10.1 Å². The fourth-order valence-corrected chi connectivity index (χ4v) is 2.37. The van der Waals surface area contributed by atoms with Gasteiger partial charge in [0.05, 0.1) is 18.2 Å². The number of ether oxygens (including phenoxy) is 1. The molecule has 3 rings (SSSR count). The maximum absolute atomic E-state index is 12.4. The Balaban J connectivity index is 1.69. The molecule has 116 valence electrons. The van der Waals surface area contributed by atoms with Crippen molar-refractivity contribution in [2.24, 2.45) is 7.05 Å². The lowest BCUT2D eigenvalue weighted by Gasteiger charge is -2.27. The van der Waals surface area contributed by atoms with Crippen LogP contribution in [0.1, 0.15) is 35.4 Å². The van der Waals surface area contributed by atoms with E-state index >= 15 is 0 Å². The highest BCUT2D eigenvalue weighted by atomic mass is 32.1. The van der Waals surface area contributed by atoms with Crippen molar-refractivity contribution in [3.63, 3.8) is 0 Å². The molecule has 1 fully saturated rings. The van der Waals surface area contributed by atoms with Gasteiger partial charge >= 0.3 is 0 Å². The zero-order chi connectivity index (χ0) is 15.5. The third kappa shape index (κ3) is 3.04. The molecule has 1 amide bonds. The Hall–Kier alpha value is -2.15. The number of H-pyrrole nitrogens is 1. The molecule has 2 aromatic rings. The molecular formula is C15H18N4O2S. The summed E-state index contributed by atoms with van der Waals surface area (Å²) >= 11 is 5.05. The Morgan fingerprint density at radius 1 is 1.50 bits per heavy atom. The monoisotopic (exact) mass is 318 g/mol. The summed E-state index contributed by atoms with van der Waals surface area (Å²) in [6.45, 7) is 0.306. The first-order valence-corrected chi connectivity index (χ1v) is 7.70. The Morgan fingerprint density at radius 2 is 2.27 bits per heavy atom. The highest BCUT2D eigenvalue weighted by molar-refractivity contribution is 7.71. The lowest BCUT2D eigenvalue weighted by Crippen LogP contribution is -2.28. The first-order valence-electron chi connectivity index (χ1n) is 7.29. The minimum absolute atomic E-state index is 0.177. The lowest BCUT2D eigenvalue weighted by atomic mass is 9.96. The average Bonchev–Trinajstić information content (AvgIpc) is 2.80. The summed E-state index contributed by atoms with van der Waals surface area (Å²) in [6.07, 6.45) is 3.54. The van der Waals surface area contributed by atoms with Crippen LogP contribution in [0.3, 0.4) is 0 Å². The zero-order valence-corrected chi connectivity index (χ0v) is 13.2. The molecule has 0 saturated heterocycles. The number of nitrogens with zero attached hydrogens (tertiary/aromatic N) is 2. The highest BCUT2D eigenvalue weighted by Crippen LogP contribution is 2.27. The van der Waals surface area contributed by atoms with Crippen LogP contribution in [-0.4, -0.2) is 26.8 Å². The zero-order valence-electron chi connectivity index (χ0n) is 12.3. The van der Waals surface area contributed by atoms with Crippen molar-refractivity contribution in [3.05, 3.63) is 40.4 Å². The van der Waals surface area contributed by atoms with Crippen LogP contribution in [0.25, 0.3) is 0 Å². The van der Waals surface area contributed by atoms with Gasteiger partial charge in [0.25, 0.3) is 5.91 Å². The molecular weight excluding hydrogens is 300 g/mol. The third-order valence-corrected chi connectivity index (χ3v) is 4.22. The molecule has 1 saturated carbocycles. The summed E-state index contributed by atoms with van der Waals surface area (Å²) in [6, 6.07) is 7.32. The number of carbonyl (C=O) groups excluding carboxylic acids is 1. The summed E-state index contributed by atoms with van der Waals surface area (Å²) in [7, 11) is 1.81. The van der Waals surface area contributed by atoms with Gasteiger partial charge in [-0.2, -0.15) is 5.10 Å². The van der Waals surface area contributed by atoms with E-state index in [-0.39, 0.29) is 12.0 Å². The first-order chi connectivity index (χ1) is 10.6. The van der Waals surface area contributed by atoms with Gasteiger partial charge < -0.3 is 14.6 Å². The molecule has 0 unspecified atom stereocenters. The maximum Gasteiger partial charge on any atom is 0.255 e. The minimum atomic E-state index is -0.177. The van der Waals surface area contributed by atoms with Crippen LogP contribution in [0.5, 0.6) is 5.75 Å². The summed E-state index contributed by atoms with van der Waals surface area (Å²) in [4.78, 5) is 12.4. The third-order valence-electron chi connectivity index (χ3n) is 3.86. The number of rotatable bonds is 5. The van der Waals surface area contributed by atoms with Gasteiger partial charge in [0.15, 0.2) is 10.6 Å². The van der Waals surface area contributed by atoms with Crippen LogP contribution in [0.2, 0.25) is 0 Å². The van der Waals surface area contributed by atoms with E-state index in [2.05, 4.69) is 15.5 Å². The van der Waals surface area contributed by atoms with E-state index in [1.807, 2.05) is 18.2 Å². The van der Waals surface area contributed by atoms with Gasteiger partial charge in [-0.3, -0.25) is 9.89 Å². The normalized spacial score (nSPS) is 14.4. The number of hydrogen-bond donors (Lipinski definition) is 2. The van der Waals surface area contributed by atoms with Gasteiger partial charge in [0.2, 0.25) is 0 Å². The van der Waals surface area contributed by atoms with Gasteiger partial charge in [0, 0.05) is 7.05 Å². The molecule has 1 aromatic carbocycles. The second kappa shape index (κ2) is 6.31. The second-order valence-electron chi connectivity index (χ2n) is 5.35. The number of hydrogen-bond acceptors (Lipinski definition) is 4. The number of aromatic nitrogens is 3. The van der Waals surface area contributed by atoms with Gasteiger partial charge in [-0.15, -0.1) is 0 Å². The summed E-state index contributed by atoms with van der Waals surface area (Å²) < 4.78 is 8.13. The molecule has 6 nitrogen and oxygen atoms in total. The highest BCUT2D eigenvalue weighted by Gasteiger charge is 2.21. The average molecular weight is 318 g/mol. The van der Waals surface area contributed by atoms with Crippen LogP contribution in [0.15, 0.2) is 24.3 Å². The quantitative estimate of drug-likeness (QED) is 0.830. The van der Waals surface area contributed by atoms with Crippen molar-refractivity contribution in [2.45, 2.75) is 31.9 Å². The Kier molecular flexibility index (Phi) is 4.24. The SMILES string of the molecule is Cn1c(CNC(=O)c2ccccc2OC2CCC2)n[nH]c1=S. The van der Waals surface area contributed by atoms with Crippen molar-refractivity contribution in [2.75, 3.05) is 0 Å². The summed E-state index contributed by atoms with van der Waals surface area (Å²) in [5, 5.41) is 9.62. The van der Waals surface area contributed by atoms with E-state index in [1.54, 1.807) is 17.7 Å². The number of para-hydroxylation sites is 1. The van der Waals surface area contributed by atoms with Gasteiger partial charge in [-0.25, -0.2) is 0 Å². The Bertz CT molecular complexity index is 733. The van der Waals surface area contributed by atoms with Crippen molar-refractivity contribution in [3.8, 4) is 5.75 Å². The topological polar surface area (TPSA) is 71.9 Å². The minimum Gasteiger partial charge on any atom is -0.490 e. The van der Waals surface area contributed by atoms with Crippen molar-refractivity contribution >= 4 is 18.1 Å². The van der Waals surface area contributed by atoms with Crippen LogP contribution in [0, 0.1) is 4.77 Å². The van der Waals surface area contributed by atoms with E-state index in [0.717, 1.165) is 12.8 Å². The molecule has 0 radical (unpaired) electrons. The van der Waals surface area contributed by atoms with Crippen molar-refractivity contribution in [1.29, 1.82) is 0 Å². The fourth-order valence-electron chi connectivity index (χ4n) is 2.22. The van der Waals surface area contributed by atoms with Gasteiger partial charge in [-0.05, 0) is 43.6 Å². The van der Waals surface area contributed by atoms with Crippen LogP contribution >= 0.6 is 12.2 Å². The van der Waals surface area contributed by atoms with E-state index < -0.39 is 0 Å². The van der Waals surface area contributed by atoms with Gasteiger partial charge in [-0.1, -0.05) is 12.1 Å². The van der Waals surface area contributed by atoms with Crippen molar-refractivity contribution < 1.29 is 9.53 Å². The Labute approximate surface area is 133 Å². The fraction of sp³-hybridized carbons (Fsp3) is 0.400. The van der Waals surface area contributed by atoms with Crippen LogP contribution in [0.4, 0.5) is 0 Å². The summed E-state index contributed by atoms with van der Waals surface area (Å²) in [5.41, 5.74) is 0.547. The predicted molar refractivity (Wildman–Crippen MR) is 84.3 cm³/mol. The number of aromatic amines is 1. The Morgan fingerprint density at radius 3 is 2.91 bits per heavy atom. The molecule has 0 aliphatic heterocycles. The smallest absolute Gasteiger partial charge is 0.255 e. The van der Waals surface area contributed by atoms with Gasteiger partial charge in [0.1, 0.15) is 5.75 Å². The number of carbonyl (C=O) groups is 1. The van der Waals surface area contributed by atoms with Crippen molar-refractivity contribution in [1.82, 2.24) is 20.1 Å². The maximum atomic E-state index is 12.4. The largest absolute Gasteiger partial charge is 0.490 e. The van der Waals surface area contributed by atoms with Crippen LogP contribution in [-0.2, 0) is 13.6 Å². The molecule has 1 aliphatic rings. The molecule has 22 heavy (non-hydrogen) atoms. The molecule has 1 aromatic heterocycles. The molecule has 1 heterocycles. The van der Waals surface area contributed by atoms with E-state index in [4.69, 9.17) is 17.0 Å². The second-order valence-corrected chi connectivity index (χ2v) is 5.74. The molecule has 0 spiro atoms. The molecule has 0 atom stereocenters. The number of amides is 1. The number of benzene rings is 1. The first kappa shape index (κ1) is 14.8. The molecule has 0 bridgehead atoms.